The predicted octanol–water partition coefficient (Wildman–Crippen LogP) is 2.42. The molecule has 0 spiro atoms. The molecule has 2 atom stereocenters. The number of likely N-dealkylation sites (tertiary alicyclic amines) is 1. The SMILES string of the molecule is CC(O)Nc1nc(F)c(CN2CCC[C@H](Cc3ncc(F)cn3)C2)s1. The highest BCUT2D eigenvalue weighted by atomic mass is 32.1. The molecule has 1 unspecified atom stereocenters. The molecular weight excluding hydrogens is 348 g/mol. The van der Waals surface area contributed by atoms with E-state index in [1.807, 2.05) is 0 Å². The van der Waals surface area contributed by atoms with Crippen LogP contribution in [0.2, 0.25) is 0 Å². The van der Waals surface area contributed by atoms with Crippen molar-refractivity contribution >= 4 is 16.5 Å². The third-order valence-electron chi connectivity index (χ3n) is 4.10. The van der Waals surface area contributed by atoms with E-state index in [2.05, 4.69) is 25.2 Å². The molecule has 0 amide bonds. The van der Waals surface area contributed by atoms with E-state index < -0.39 is 18.0 Å². The van der Waals surface area contributed by atoms with Crippen LogP contribution in [0.4, 0.5) is 13.9 Å². The Morgan fingerprint density at radius 1 is 1.40 bits per heavy atom. The van der Waals surface area contributed by atoms with Crippen molar-refractivity contribution in [1.29, 1.82) is 0 Å². The van der Waals surface area contributed by atoms with Gasteiger partial charge in [-0.15, -0.1) is 0 Å². The lowest BCUT2D eigenvalue weighted by Crippen LogP contribution is -2.36. The number of hydrogen-bond donors (Lipinski definition) is 2. The lowest BCUT2D eigenvalue weighted by molar-refractivity contribution is 0.165. The van der Waals surface area contributed by atoms with Gasteiger partial charge in [-0.05, 0) is 32.2 Å². The van der Waals surface area contributed by atoms with E-state index in [4.69, 9.17) is 0 Å². The Balaban J connectivity index is 1.58. The minimum Gasteiger partial charge on any atom is -0.374 e. The number of aliphatic hydroxyl groups is 1. The number of hydrogen-bond acceptors (Lipinski definition) is 7. The summed E-state index contributed by atoms with van der Waals surface area (Å²) in [7, 11) is 0. The Kier molecular flexibility index (Phi) is 5.87. The molecule has 3 heterocycles. The molecule has 1 aliphatic heterocycles. The molecule has 3 rings (SSSR count). The second-order valence-electron chi connectivity index (χ2n) is 6.32. The van der Waals surface area contributed by atoms with Crippen molar-refractivity contribution < 1.29 is 13.9 Å². The molecule has 0 bridgehead atoms. The zero-order chi connectivity index (χ0) is 17.8. The van der Waals surface area contributed by atoms with Crippen molar-refractivity contribution in [3.63, 3.8) is 0 Å². The van der Waals surface area contributed by atoms with E-state index in [1.165, 1.54) is 23.7 Å². The molecule has 1 saturated heterocycles. The summed E-state index contributed by atoms with van der Waals surface area (Å²) in [4.78, 5) is 14.6. The molecule has 2 aromatic rings. The van der Waals surface area contributed by atoms with E-state index in [-0.39, 0.29) is 0 Å². The maximum Gasteiger partial charge on any atom is 0.230 e. The Labute approximate surface area is 149 Å². The zero-order valence-corrected chi connectivity index (χ0v) is 14.8. The Hall–Kier alpha value is -1.71. The van der Waals surface area contributed by atoms with Gasteiger partial charge in [-0.25, -0.2) is 14.4 Å². The number of anilines is 1. The number of nitrogens with one attached hydrogen (secondary N) is 1. The lowest BCUT2D eigenvalue weighted by atomic mass is 9.94. The third-order valence-corrected chi connectivity index (χ3v) is 5.04. The maximum absolute atomic E-state index is 14.0. The normalized spacial score (nSPS) is 19.8. The van der Waals surface area contributed by atoms with Crippen molar-refractivity contribution in [2.75, 3.05) is 18.4 Å². The molecule has 1 fully saturated rings. The number of rotatable bonds is 6. The average Bonchev–Trinajstić information content (AvgIpc) is 2.88. The number of nitrogens with zero attached hydrogens (tertiary/aromatic N) is 4. The Bertz CT molecular complexity index is 694. The van der Waals surface area contributed by atoms with Gasteiger partial charge in [-0.3, -0.25) is 4.90 Å². The van der Waals surface area contributed by atoms with Gasteiger partial charge in [0.15, 0.2) is 10.9 Å². The second-order valence-corrected chi connectivity index (χ2v) is 7.40. The molecule has 1 aliphatic rings. The highest BCUT2D eigenvalue weighted by Crippen LogP contribution is 2.27. The fourth-order valence-electron chi connectivity index (χ4n) is 3.04. The van der Waals surface area contributed by atoms with Crippen molar-refractivity contribution in [3.05, 3.63) is 34.9 Å². The highest BCUT2D eigenvalue weighted by molar-refractivity contribution is 7.15. The number of thiazole rings is 1. The fourth-order valence-corrected chi connectivity index (χ4v) is 4.00. The van der Waals surface area contributed by atoms with Crippen LogP contribution in [0, 0.1) is 17.7 Å². The largest absolute Gasteiger partial charge is 0.374 e. The number of aliphatic hydroxyl groups excluding tert-OH is 1. The van der Waals surface area contributed by atoms with Crippen molar-refractivity contribution in [1.82, 2.24) is 19.9 Å². The minimum absolute atomic E-state index is 0.366. The van der Waals surface area contributed by atoms with Crippen LogP contribution in [-0.2, 0) is 13.0 Å². The van der Waals surface area contributed by atoms with Crippen molar-refractivity contribution in [2.45, 2.75) is 39.0 Å². The summed E-state index contributed by atoms with van der Waals surface area (Å²) in [5.74, 6) is 0.0827. The summed E-state index contributed by atoms with van der Waals surface area (Å²) in [5.41, 5.74) is 0. The molecule has 9 heteroatoms. The van der Waals surface area contributed by atoms with Crippen LogP contribution in [0.3, 0.4) is 0 Å². The van der Waals surface area contributed by atoms with Gasteiger partial charge in [0.2, 0.25) is 5.95 Å². The molecule has 0 aliphatic carbocycles. The first-order valence-electron chi connectivity index (χ1n) is 8.28. The Morgan fingerprint density at radius 3 is 2.88 bits per heavy atom. The first kappa shape index (κ1) is 18.1. The summed E-state index contributed by atoms with van der Waals surface area (Å²) >= 11 is 1.22. The van der Waals surface area contributed by atoms with Crippen LogP contribution in [0.15, 0.2) is 12.4 Å². The summed E-state index contributed by atoms with van der Waals surface area (Å²) in [6.07, 6.45) is 4.37. The van der Waals surface area contributed by atoms with Gasteiger partial charge in [-0.2, -0.15) is 9.37 Å². The summed E-state index contributed by atoms with van der Waals surface area (Å²) in [6, 6.07) is 0. The summed E-state index contributed by atoms with van der Waals surface area (Å²) in [6.45, 7) is 3.77. The van der Waals surface area contributed by atoms with E-state index in [0.29, 0.717) is 34.7 Å². The van der Waals surface area contributed by atoms with Crippen molar-refractivity contribution in [2.24, 2.45) is 5.92 Å². The molecule has 25 heavy (non-hydrogen) atoms. The smallest absolute Gasteiger partial charge is 0.230 e. The van der Waals surface area contributed by atoms with E-state index in [0.717, 1.165) is 25.9 Å². The molecule has 2 aromatic heterocycles. The van der Waals surface area contributed by atoms with Gasteiger partial charge in [0, 0.05) is 19.5 Å². The molecule has 136 valence electrons. The zero-order valence-electron chi connectivity index (χ0n) is 14.0. The van der Waals surface area contributed by atoms with Gasteiger partial charge < -0.3 is 10.4 Å². The highest BCUT2D eigenvalue weighted by Gasteiger charge is 2.23. The molecule has 0 aromatic carbocycles. The second kappa shape index (κ2) is 8.11. The fraction of sp³-hybridized carbons (Fsp3) is 0.562. The number of halogens is 2. The van der Waals surface area contributed by atoms with Crippen LogP contribution in [-0.4, -0.2) is 44.3 Å². The molecule has 2 N–H and O–H groups in total. The van der Waals surface area contributed by atoms with Crippen LogP contribution in [0.25, 0.3) is 0 Å². The predicted molar refractivity (Wildman–Crippen MR) is 91.1 cm³/mol. The summed E-state index contributed by atoms with van der Waals surface area (Å²) < 4.78 is 26.9. The lowest BCUT2D eigenvalue weighted by Gasteiger charge is -2.32. The van der Waals surface area contributed by atoms with Gasteiger partial charge in [0.1, 0.15) is 12.1 Å². The van der Waals surface area contributed by atoms with Gasteiger partial charge in [0.05, 0.1) is 17.3 Å². The van der Waals surface area contributed by atoms with Crippen LogP contribution in [0.1, 0.15) is 30.5 Å². The van der Waals surface area contributed by atoms with E-state index in [1.54, 1.807) is 6.92 Å². The molecular formula is C16H21F2N5OS. The average molecular weight is 369 g/mol. The van der Waals surface area contributed by atoms with Crippen LogP contribution >= 0.6 is 11.3 Å². The van der Waals surface area contributed by atoms with Crippen molar-refractivity contribution in [3.8, 4) is 0 Å². The number of aromatic nitrogens is 3. The molecule has 0 saturated carbocycles. The first-order chi connectivity index (χ1) is 12.0. The minimum atomic E-state index is -0.770. The van der Waals surface area contributed by atoms with Crippen LogP contribution in [0.5, 0.6) is 0 Å². The van der Waals surface area contributed by atoms with E-state index >= 15 is 0 Å². The first-order valence-corrected chi connectivity index (χ1v) is 9.10. The number of piperidine rings is 1. The van der Waals surface area contributed by atoms with Gasteiger partial charge >= 0.3 is 0 Å². The van der Waals surface area contributed by atoms with Gasteiger partial charge in [0.25, 0.3) is 0 Å². The Morgan fingerprint density at radius 2 is 2.16 bits per heavy atom. The monoisotopic (exact) mass is 369 g/mol. The molecule has 6 nitrogen and oxygen atoms in total. The summed E-state index contributed by atoms with van der Waals surface area (Å²) in [5, 5.41) is 12.4. The topological polar surface area (TPSA) is 74.2 Å². The maximum atomic E-state index is 14.0. The molecule has 0 radical (unpaired) electrons. The van der Waals surface area contributed by atoms with Crippen LogP contribution < -0.4 is 5.32 Å². The third kappa shape index (κ3) is 5.13. The van der Waals surface area contributed by atoms with Gasteiger partial charge in [-0.1, -0.05) is 11.3 Å². The van der Waals surface area contributed by atoms with E-state index in [9.17, 15) is 13.9 Å². The standard InChI is InChI=1S/C16H21F2N5OS/c1-10(24)21-16-22-15(18)13(25-16)9-23-4-2-3-11(8-23)5-14-19-6-12(17)7-20-14/h6-7,10-11,24H,2-5,8-9H2,1H3,(H,21,22)/t10?,11-/m1/s1. The quantitative estimate of drug-likeness (QED) is 0.762.